The smallest absolute Gasteiger partial charge is 0.408 e. The third-order valence-electron chi connectivity index (χ3n) is 4.61. The van der Waals surface area contributed by atoms with Gasteiger partial charge in [0.05, 0.1) is 5.52 Å². The highest BCUT2D eigenvalue weighted by Gasteiger charge is 2.23. The lowest BCUT2D eigenvalue weighted by atomic mass is 9.86. The van der Waals surface area contributed by atoms with Gasteiger partial charge in [-0.25, -0.2) is 9.59 Å². The van der Waals surface area contributed by atoms with Crippen LogP contribution in [-0.2, 0) is 11.3 Å². The van der Waals surface area contributed by atoms with Crippen molar-refractivity contribution in [2.45, 2.75) is 45.2 Å². The molecule has 3 rings (SSSR count). The van der Waals surface area contributed by atoms with Gasteiger partial charge in [-0.05, 0) is 30.9 Å². The molecule has 3 amide bonds. The van der Waals surface area contributed by atoms with E-state index in [1.54, 1.807) is 12.1 Å². The van der Waals surface area contributed by atoms with Crippen molar-refractivity contribution in [2.75, 3.05) is 0 Å². The first kappa shape index (κ1) is 17.5. The highest BCUT2D eigenvalue weighted by atomic mass is 35.5. The molecular formula is C17H20ClN3O4. The third kappa shape index (κ3) is 4.04. The largest absolute Gasteiger partial charge is 0.420 e. The van der Waals surface area contributed by atoms with E-state index < -0.39 is 17.7 Å². The van der Waals surface area contributed by atoms with Crippen molar-refractivity contribution in [3.63, 3.8) is 0 Å². The fourth-order valence-corrected chi connectivity index (χ4v) is 3.40. The van der Waals surface area contributed by atoms with Gasteiger partial charge in [-0.3, -0.25) is 14.7 Å². The number of rotatable bonds is 3. The van der Waals surface area contributed by atoms with Crippen LogP contribution in [0.3, 0.4) is 0 Å². The normalized spacial score (nSPS) is 20.4. The van der Waals surface area contributed by atoms with E-state index in [1.807, 2.05) is 0 Å². The molecular weight excluding hydrogens is 346 g/mol. The first-order valence-electron chi connectivity index (χ1n) is 8.33. The summed E-state index contributed by atoms with van der Waals surface area (Å²) in [6.07, 6.45) is 4.22. The minimum Gasteiger partial charge on any atom is -0.408 e. The lowest BCUT2D eigenvalue weighted by molar-refractivity contribution is -0.120. The van der Waals surface area contributed by atoms with Gasteiger partial charge < -0.3 is 9.73 Å². The van der Waals surface area contributed by atoms with Crippen LogP contribution in [0.2, 0.25) is 5.02 Å². The van der Waals surface area contributed by atoms with Crippen molar-refractivity contribution < 1.29 is 14.0 Å². The number of halogens is 1. The maximum absolute atomic E-state index is 12.1. The highest BCUT2D eigenvalue weighted by molar-refractivity contribution is 6.31. The number of benzene rings is 1. The number of imide groups is 1. The lowest BCUT2D eigenvalue weighted by Crippen LogP contribution is -2.48. The third-order valence-corrected chi connectivity index (χ3v) is 4.85. The van der Waals surface area contributed by atoms with Crippen LogP contribution in [0.25, 0.3) is 11.1 Å². The fourth-order valence-electron chi connectivity index (χ4n) is 3.23. The Hall–Kier alpha value is -2.28. The van der Waals surface area contributed by atoms with Crippen molar-refractivity contribution in [2.24, 2.45) is 5.92 Å². The van der Waals surface area contributed by atoms with Crippen molar-refractivity contribution in [3.05, 3.63) is 33.8 Å². The second-order valence-electron chi connectivity index (χ2n) is 6.46. The maximum atomic E-state index is 12.1. The van der Waals surface area contributed by atoms with Crippen molar-refractivity contribution >= 4 is 34.6 Å². The molecule has 25 heavy (non-hydrogen) atoms. The Kier molecular flexibility index (Phi) is 5.13. The maximum Gasteiger partial charge on any atom is 0.420 e. The Morgan fingerprint density at radius 3 is 2.84 bits per heavy atom. The first-order valence-corrected chi connectivity index (χ1v) is 8.71. The molecule has 2 N–H and O–H groups in total. The van der Waals surface area contributed by atoms with Gasteiger partial charge in [0, 0.05) is 17.1 Å². The lowest BCUT2D eigenvalue weighted by Gasteiger charge is -2.29. The summed E-state index contributed by atoms with van der Waals surface area (Å²) in [5.74, 6) is -0.866. The number of carbonyl (C=O) groups excluding carboxylic acids is 2. The molecule has 1 aliphatic rings. The molecule has 2 aromatic rings. The van der Waals surface area contributed by atoms with E-state index in [1.165, 1.54) is 12.5 Å². The number of aromatic nitrogens is 1. The topological polar surface area (TPSA) is 93.3 Å². The summed E-state index contributed by atoms with van der Waals surface area (Å²) in [4.78, 5) is 36.0. The molecule has 7 nitrogen and oxygen atoms in total. The van der Waals surface area contributed by atoms with Crippen molar-refractivity contribution in [3.8, 4) is 0 Å². The number of urea groups is 1. The summed E-state index contributed by atoms with van der Waals surface area (Å²) < 4.78 is 6.23. The van der Waals surface area contributed by atoms with Crippen molar-refractivity contribution in [1.82, 2.24) is 15.2 Å². The Morgan fingerprint density at radius 2 is 2.08 bits per heavy atom. The highest BCUT2D eigenvalue weighted by Crippen LogP contribution is 2.23. The van der Waals surface area contributed by atoms with E-state index in [2.05, 4.69) is 17.6 Å². The molecule has 0 aliphatic heterocycles. The number of nitrogens with one attached hydrogen (secondary N) is 2. The summed E-state index contributed by atoms with van der Waals surface area (Å²) in [7, 11) is 0. The zero-order chi connectivity index (χ0) is 18.0. The molecule has 2 atom stereocenters. The van der Waals surface area contributed by atoms with Gasteiger partial charge in [0.1, 0.15) is 6.54 Å². The molecule has 1 heterocycles. The van der Waals surface area contributed by atoms with Crippen LogP contribution in [0.5, 0.6) is 0 Å². The van der Waals surface area contributed by atoms with E-state index in [4.69, 9.17) is 16.0 Å². The van der Waals surface area contributed by atoms with E-state index in [9.17, 15) is 14.4 Å². The van der Waals surface area contributed by atoms with Crippen LogP contribution in [0.1, 0.15) is 32.6 Å². The predicted molar refractivity (Wildman–Crippen MR) is 93.6 cm³/mol. The Morgan fingerprint density at radius 1 is 1.32 bits per heavy atom. The zero-order valence-electron chi connectivity index (χ0n) is 13.9. The number of amides is 3. The average molecular weight is 366 g/mol. The Labute approximate surface area is 149 Å². The molecule has 134 valence electrons. The number of fused-ring (bicyclic) bond motifs is 1. The van der Waals surface area contributed by atoms with E-state index >= 15 is 0 Å². The SMILES string of the molecule is C[C@H]1CCCC[C@H]1NC(=O)NC(=O)Cn1c(=O)oc2cc(Cl)ccc21. The standard InChI is InChI=1S/C17H20ClN3O4/c1-10-4-2-3-5-12(10)19-16(23)20-15(22)9-21-13-7-6-11(18)8-14(13)25-17(21)24/h6-8,10,12H,2-5,9H2,1H3,(H2,19,20,22,23)/t10-,12+/m0/s1. The van der Waals surface area contributed by atoms with Crippen molar-refractivity contribution in [1.29, 1.82) is 0 Å². The van der Waals surface area contributed by atoms with Gasteiger partial charge in [-0.15, -0.1) is 0 Å². The van der Waals surface area contributed by atoms with Gasteiger partial charge >= 0.3 is 11.8 Å². The Balaban J connectivity index is 1.63. The van der Waals surface area contributed by atoms with Gasteiger partial charge in [0.15, 0.2) is 5.58 Å². The first-order chi connectivity index (χ1) is 11.9. The second kappa shape index (κ2) is 7.31. The molecule has 0 unspecified atom stereocenters. The molecule has 0 saturated heterocycles. The molecule has 0 spiro atoms. The van der Waals surface area contributed by atoms with Crippen LogP contribution in [0.4, 0.5) is 4.79 Å². The van der Waals surface area contributed by atoms with Crippen LogP contribution >= 0.6 is 11.6 Å². The molecule has 0 bridgehead atoms. The van der Waals surface area contributed by atoms with Crippen LogP contribution < -0.4 is 16.4 Å². The van der Waals surface area contributed by atoms with E-state index in [0.717, 1.165) is 23.8 Å². The van der Waals surface area contributed by atoms with Crippen LogP contribution in [0.15, 0.2) is 27.4 Å². The zero-order valence-corrected chi connectivity index (χ0v) is 14.6. The molecule has 1 saturated carbocycles. The molecule has 8 heteroatoms. The summed E-state index contributed by atoms with van der Waals surface area (Å²) >= 11 is 5.86. The monoisotopic (exact) mass is 365 g/mol. The van der Waals surface area contributed by atoms with Gasteiger partial charge in [0.25, 0.3) is 0 Å². The summed E-state index contributed by atoms with van der Waals surface area (Å²) in [5.41, 5.74) is 0.747. The minimum atomic E-state index is -0.672. The minimum absolute atomic E-state index is 0.0705. The Bertz CT molecular complexity index is 857. The predicted octanol–water partition coefficient (Wildman–Crippen LogP) is 2.65. The molecule has 1 fully saturated rings. The second-order valence-corrected chi connectivity index (χ2v) is 6.89. The number of hydrogen-bond donors (Lipinski definition) is 2. The number of oxazole rings is 1. The van der Waals surface area contributed by atoms with Gasteiger partial charge in [-0.2, -0.15) is 0 Å². The van der Waals surface area contributed by atoms with Crippen LogP contribution in [0, 0.1) is 5.92 Å². The number of carbonyl (C=O) groups is 2. The molecule has 1 aromatic carbocycles. The number of nitrogens with zero attached hydrogens (tertiary/aromatic N) is 1. The van der Waals surface area contributed by atoms with Gasteiger partial charge in [0.2, 0.25) is 5.91 Å². The number of hydrogen-bond acceptors (Lipinski definition) is 4. The molecule has 1 aromatic heterocycles. The van der Waals surface area contributed by atoms with E-state index in [-0.39, 0.29) is 12.6 Å². The summed E-state index contributed by atoms with van der Waals surface area (Å²) in [6, 6.07) is 4.24. The molecule has 0 radical (unpaired) electrons. The summed E-state index contributed by atoms with van der Waals surface area (Å²) in [6.45, 7) is 1.79. The van der Waals surface area contributed by atoms with Crippen LogP contribution in [-0.4, -0.2) is 22.5 Å². The van der Waals surface area contributed by atoms with E-state index in [0.29, 0.717) is 22.0 Å². The summed E-state index contributed by atoms with van der Waals surface area (Å²) in [5, 5.41) is 5.54. The van der Waals surface area contributed by atoms with Gasteiger partial charge in [-0.1, -0.05) is 31.4 Å². The fraction of sp³-hybridized carbons (Fsp3) is 0.471. The molecule has 1 aliphatic carbocycles. The quantitative estimate of drug-likeness (QED) is 0.874. The average Bonchev–Trinajstić information content (AvgIpc) is 2.84.